The molecule has 17 heteroatoms. The molecule has 2 aromatic rings. The number of rotatable bonds is 13. The molecule has 360 valence electrons. The van der Waals surface area contributed by atoms with E-state index in [1.54, 1.807) is 62.4 Å². The van der Waals surface area contributed by atoms with Crippen molar-refractivity contribution in [1.29, 1.82) is 0 Å². The maximum Gasteiger partial charge on any atom is 0.338 e. The summed E-state index contributed by atoms with van der Waals surface area (Å²) in [6.45, 7) is 8.38. The van der Waals surface area contributed by atoms with Gasteiger partial charge in [0.2, 0.25) is 5.91 Å². The molecule has 3 aliphatic carbocycles. The van der Waals surface area contributed by atoms with Crippen molar-refractivity contribution < 1.29 is 78.3 Å². The summed E-state index contributed by atoms with van der Waals surface area (Å²) in [5.41, 5.74) is -7.53. The molecular weight excluding hydrogens is 859 g/mol. The molecular formula is C49H63NO16. The molecule has 7 N–H and O–H groups in total. The zero-order valence-electron chi connectivity index (χ0n) is 38.1. The topological polar surface area (TPSA) is 265 Å². The summed E-state index contributed by atoms with van der Waals surface area (Å²) < 4.78 is 30.9. The summed E-state index contributed by atoms with van der Waals surface area (Å²) in [5, 5.41) is 73.9. The summed E-state index contributed by atoms with van der Waals surface area (Å²) in [5.74, 6) is -7.12. The summed E-state index contributed by atoms with van der Waals surface area (Å²) in [7, 11) is 0. The van der Waals surface area contributed by atoms with Gasteiger partial charge in [-0.1, -0.05) is 89.1 Å². The minimum absolute atomic E-state index is 0.0463. The van der Waals surface area contributed by atoms with Crippen molar-refractivity contribution in [2.24, 2.45) is 22.7 Å². The molecule has 0 spiro atoms. The lowest BCUT2D eigenvalue weighted by molar-refractivity contribution is -0.351. The molecule has 4 fully saturated rings. The fourth-order valence-electron chi connectivity index (χ4n) is 11.6. The van der Waals surface area contributed by atoms with Gasteiger partial charge in [-0.3, -0.25) is 14.4 Å². The van der Waals surface area contributed by atoms with Crippen LogP contribution in [0.2, 0.25) is 0 Å². The number of benzene rings is 2. The summed E-state index contributed by atoms with van der Waals surface area (Å²) in [4.78, 5) is 70.9. The number of nitrogens with one attached hydrogen (secondary N) is 1. The second-order valence-electron chi connectivity index (χ2n) is 19.4. The third-order valence-electron chi connectivity index (χ3n) is 15.3. The minimum Gasteiger partial charge on any atom is -0.456 e. The van der Waals surface area contributed by atoms with Gasteiger partial charge in [-0.15, -0.1) is 0 Å². The Morgan fingerprint density at radius 2 is 1.56 bits per heavy atom. The van der Waals surface area contributed by atoms with Crippen LogP contribution in [0.5, 0.6) is 0 Å². The van der Waals surface area contributed by atoms with Crippen LogP contribution in [0.3, 0.4) is 0 Å². The zero-order chi connectivity index (χ0) is 48.1. The van der Waals surface area contributed by atoms with Crippen molar-refractivity contribution in [3.63, 3.8) is 0 Å². The Hall–Kier alpha value is -4.59. The predicted octanol–water partition coefficient (Wildman–Crippen LogP) is 2.17. The third kappa shape index (κ3) is 8.29. The van der Waals surface area contributed by atoms with Crippen molar-refractivity contribution in [3.05, 3.63) is 82.9 Å². The summed E-state index contributed by atoms with van der Waals surface area (Å²) >= 11 is 0. The van der Waals surface area contributed by atoms with E-state index in [4.69, 9.17) is 23.7 Å². The largest absolute Gasteiger partial charge is 0.456 e. The van der Waals surface area contributed by atoms with Crippen LogP contribution in [0.1, 0.15) is 102 Å². The van der Waals surface area contributed by atoms with E-state index in [1.165, 1.54) is 26.0 Å². The van der Waals surface area contributed by atoms with Gasteiger partial charge in [-0.05, 0) is 48.6 Å². The van der Waals surface area contributed by atoms with Crippen LogP contribution in [-0.4, -0.2) is 140 Å². The van der Waals surface area contributed by atoms with E-state index in [0.717, 1.165) is 19.8 Å². The molecule has 0 radical (unpaired) electrons. The lowest BCUT2D eigenvalue weighted by Crippen LogP contribution is -2.82. The van der Waals surface area contributed by atoms with E-state index in [-0.39, 0.29) is 36.2 Å². The lowest BCUT2D eigenvalue weighted by atomic mass is 9.42. The zero-order valence-corrected chi connectivity index (χ0v) is 38.1. The highest BCUT2D eigenvalue weighted by molar-refractivity contribution is 5.94. The highest BCUT2D eigenvalue weighted by Gasteiger charge is 2.79. The molecule has 2 saturated carbocycles. The first-order valence-corrected chi connectivity index (χ1v) is 22.8. The average Bonchev–Trinajstić information content (AvgIpc) is 3.28. The number of esters is 3. The molecule has 17 nitrogen and oxygen atoms in total. The van der Waals surface area contributed by atoms with E-state index in [2.05, 4.69) is 5.32 Å². The number of aliphatic hydroxyl groups is 6. The Morgan fingerprint density at radius 1 is 0.909 bits per heavy atom. The van der Waals surface area contributed by atoms with Gasteiger partial charge in [0.15, 0.2) is 17.5 Å². The van der Waals surface area contributed by atoms with Crippen molar-refractivity contribution in [1.82, 2.24) is 5.32 Å². The Kier molecular flexibility index (Phi) is 14.1. The number of aliphatic hydroxyl groups excluding tert-OH is 5. The molecule has 2 saturated heterocycles. The maximum atomic E-state index is 15.8. The molecule has 7 rings (SSSR count). The third-order valence-corrected chi connectivity index (χ3v) is 15.3. The average molecular weight is 922 g/mol. The van der Waals surface area contributed by atoms with Gasteiger partial charge < -0.3 is 59.6 Å². The number of carbonyl (C=O) groups is 5. The number of Topliss-reactive ketones (excluding diaryl/α,β-unsaturated/α-hetero) is 1. The van der Waals surface area contributed by atoms with Gasteiger partial charge in [-0.25, -0.2) is 9.59 Å². The number of hydrogen-bond donors (Lipinski definition) is 7. The summed E-state index contributed by atoms with van der Waals surface area (Å²) in [6.07, 6.45) is -13.3. The van der Waals surface area contributed by atoms with Crippen molar-refractivity contribution in [2.45, 2.75) is 152 Å². The number of ether oxygens (including phenoxy) is 5. The Balaban J connectivity index is 1.39. The smallest absolute Gasteiger partial charge is 0.338 e. The molecule has 1 amide bonds. The molecule has 2 aromatic carbocycles. The molecule has 66 heavy (non-hydrogen) atoms. The first-order chi connectivity index (χ1) is 31.1. The normalized spacial score (nSPS) is 36.8. The highest BCUT2D eigenvalue weighted by Crippen LogP contribution is 2.66. The van der Waals surface area contributed by atoms with Gasteiger partial charge in [-0.2, -0.15) is 0 Å². The number of carbonyl (C=O) groups excluding carboxylic acids is 5. The van der Waals surface area contributed by atoms with Crippen LogP contribution in [0.15, 0.2) is 71.8 Å². The van der Waals surface area contributed by atoms with E-state index in [9.17, 15) is 49.8 Å². The number of fused-ring (bicyclic) bond motifs is 5. The summed E-state index contributed by atoms with van der Waals surface area (Å²) in [6, 6.07) is 14.9. The van der Waals surface area contributed by atoms with Crippen LogP contribution in [0.4, 0.5) is 0 Å². The molecule has 0 unspecified atom stereocenters. The van der Waals surface area contributed by atoms with Crippen LogP contribution in [0.25, 0.3) is 0 Å². The van der Waals surface area contributed by atoms with Gasteiger partial charge in [0, 0.05) is 36.5 Å². The van der Waals surface area contributed by atoms with E-state index in [0.29, 0.717) is 12.0 Å². The van der Waals surface area contributed by atoms with E-state index >= 15 is 4.79 Å². The maximum absolute atomic E-state index is 15.8. The Bertz CT molecular complexity index is 2180. The standard InChI is InChI=1S/C49H63NO16/c1-7-8-11-20-33(53)50-35(27-16-12-9-13-17-27)38(56)45(60)64-31-22-49(61)43(65-44(59)28-18-14-10-15-19-28)41-47(6,42(58)37(55)34(25(31)2)46(49,4)5)29(40-39(57)36(54)30(52)23-62-40)21-32-48(41,24-63-32)66-26(3)51/h9-10,12-19,29-32,35-41,43,52,54-57,61H,7-8,11,20-24H2,1-6H3,(H,50,53)/t29-,30-,31+,32-,35+,36+,37-,38-,39-,40+,41+,43+,47-,48+,49-/m1/s1. The Labute approximate surface area is 383 Å². The molecule has 5 aliphatic rings. The first-order valence-electron chi connectivity index (χ1n) is 22.8. The molecule has 15 atom stereocenters. The second-order valence-corrected chi connectivity index (χ2v) is 19.4. The highest BCUT2D eigenvalue weighted by atomic mass is 16.6. The lowest BCUT2D eigenvalue weighted by Gasteiger charge is -2.69. The number of unbranched alkanes of at least 4 members (excludes halogenated alkanes) is 2. The molecule has 0 aromatic heterocycles. The minimum atomic E-state index is -2.43. The van der Waals surface area contributed by atoms with E-state index in [1.807, 2.05) is 6.92 Å². The fraction of sp³-hybridized carbons (Fsp3) is 0.612. The first kappa shape index (κ1) is 49.3. The number of hydrogen-bond acceptors (Lipinski definition) is 16. The molecule has 2 aliphatic heterocycles. The van der Waals surface area contributed by atoms with Crippen LogP contribution in [0, 0.1) is 22.7 Å². The van der Waals surface area contributed by atoms with Crippen LogP contribution < -0.4 is 5.32 Å². The Morgan fingerprint density at radius 3 is 2.17 bits per heavy atom. The van der Waals surface area contributed by atoms with Crippen molar-refractivity contribution in [2.75, 3.05) is 13.2 Å². The van der Waals surface area contributed by atoms with Gasteiger partial charge in [0.05, 0.1) is 36.8 Å². The SMILES string of the molecule is CCCCCC(=O)N[C@@H](c1ccccc1)[C@@H](O)C(=O)O[C@H]1C[C@@]2(O)[C@@H](OC(=O)c3ccccc3)[C@@H]3[C@]4(OC(C)=O)CO[C@@H]4C[C@H]([C@@H]4OC[C@@H](O)[C@H](O)[C@H]4O)[C@@]3(C)C(=O)[C@H](O)C(=C1C)C2(C)C. The second kappa shape index (κ2) is 18.8. The van der Waals surface area contributed by atoms with Crippen molar-refractivity contribution >= 4 is 29.6 Å². The number of amides is 1. The van der Waals surface area contributed by atoms with Crippen molar-refractivity contribution in [3.8, 4) is 0 Å². The predicted molar refractivity (Wildman–Crippen MR) is 232 cm³/mol. The van der Waals surface area contributed by atoms with Gasteiger partial charge in [0.1, 0.15) is 48.3 Å². The molecule has 2 heterocycles. The monoisotopic (exact) mass is 921 g/mol. The number of ketones is 1. The quantitative estimate of drug-likeness (QED) is 0.0657. The molecule has 2 bridgehead atoms. The van der Waals surface area contributed by atoms with Crippen LogP contribution in [-0.2, 0) is 42.9 Å². The van der Waals surface area contributed by atoms with Crippen LogP contribution >= 0.6 is 0 Å². The fourth-order valence-corrected chi connectivity index (χ4v) is 11.6. The van der Waals surface area contributed by atoms with Gasteiger partial charge >= 0.3 is 17.9 Å². The van der Waals surface area contributed by atoms with E-state index < -0.39 is 137 Å². The van der Waals surface area contributed by atoms with Gasteiger partial charge in [0.25, 0.3) is 0 Å².